The molecule has 1 aromatic heterocycles. The van der Waals surface area contributed by atoms with Crippen LogP contribution in [0.2, 0.25) is 5.02 Å². The minimum Gasteiger partial charge on any atom is -0.472 e. The number of aryl methyl sites for hydroxylation is 1. The van der Waals surface area contributed by atoms with E-state index in [1.165, 1.54) is 5.56 Å². The van der Waals surface area contributed by atoms with Crippen LogP contribution in [-0.4, -0.2) is 34.6 Å². The van der Waals surface area contributed by atoms with Crippen molar-refractivity contribution in [3.05, 3.63) is 94.9 Å². The van der Waals surface area contributed by atoms with Gasteiger partial charge in [-0.05, 0) is 43.5 Å². The van der Waals surface area contributed by atoms with Gasteiger partial charge >= 0.3 is 0 Å². The van der Waals surface area contributed by atoms with E-state index >= 15 is 0 Å². The Morgan fingerprint density at radius 3 is 2.62 bits per heavy atom. The van der Waals surface area contributed by atoms with Crippen molar-refractivity contribution in [3.8, 4) is 0 Å². The van der Waals surface area contributed by atoms with E-state index in [-0.39, 0.29) is 23.2 Å². The predicted molar refractivity (Wildman–Crippen MR) is 128 cm³/mol. The Balaban J connectivity index is 1.50. The molecule has 7 heteroatoms. The van der Waals surface area contributed by atoms with Gasteiger partial charge in [0.25, 0.3) is 5.91 Å². The molecule has 3 unspecified atom stereocenters. The second-order valence-electron chi connectivity index (χ2n) is 7.88. The molecule has 0 bridgehead atoms. The quantitative estimate of drug-likeness (QED) is 0.509. The summed E-state index contributed by atoms with van der Waals surface area (Å²) in [6.45, 7) is 2.00. The number of carbonyl (C=O) groups excluding carboxylic acids is 2. The number of nitrogens with zero attached hydrogens (tertiary/aromatic N) is 1. The Hall–Kier alpha value is -2.70. The number of halogens is 1. The van der Waals surface area contributed by atoms with Gasteiger partial charge in [0.05, 0.1) is 23.1 Å². The molecular formula is C25H25ClN2O3S. The van der Waals surface area contributed by atoms with Crippen molar-refractivity contribution < 1.29 is 14.0 Å². The number of hydrogen-bond acceptors (Lipinski definition) is 4. The van der Waals surface area contributed by atoms with Gasteiger partial charge in [-0.1, -0.05) is 54.1 Å². The molecule has 0 radical (unpaired) electrons. The zero-order chi connectivity index (χ0) is 22.5. The van der Waals surface area contributed by atoms with Gasteiger partial charge in [-0.15, -0.1) is 11.8 Å². The molecule has 4 rings (SSSR count). The summed E-state index contributed by atoms with van der Waals surface area (Å²) in [5.74, 6) is 0.0943. The van der Waals surface area contributed by atoms with E-state index in [2.05, 4.69) is 17.4 Å². The number of nitrogens with one attached hydrogen (secondary N) is 1. The maximum absolute atomic E-state index is 13.5. The highest BCUT2D eigenvalue weighted by molar-refractivity contribution is 7.99. The van der Waals surface area contributed by atoms with Crippen molar-refractivity contribution in [2.24, 2.45) is 0 Å². The first-order valence-electron chi connectivity index (χ1n) is 10.6. The van der Waals surface area contributed by atoms with E-state index in [1.807, 2.05) is 31.2 Å². The van der Waals surface area contributed by atoms with Gasteiger partial charge in [0.1, 0.15) is 11.4 Å². The van der Waals surface area contributed by atoms with Crippen LogP contribution in [0.1, 0.15) is 40.2 Å². The van der Waals surface area contributed by atoms with Crippen molar-refractivity contribution in [3.63, 3.8) is 0 Å². The van der Waals surface area contributed by atoms with Crippen molar-refractivity contribution in [2.45, 2.75) is 37.2 Å². The molecule has 1 aliphatic heterocycles. The van der Waals surface area contributed by atoms with Crippen LogP contribution in [0.3, 0.4) is 0 Å². The van der Waals surface area contributed by atoms with Crippen molar-refractivity contribution in [2.75, 3.05) is 5.75 Å². The molecule has 0 spiro atoms. The van der Waals surface area contributed by atoms with Crippen LogP contribution < -0.4 is 5.32 Å². The van der Waals surface area contributed by atoms with Gasteiger partial charge < -0.3 is 14.6 Å². The summed E-state index contributed by atoms with van der Waals surface area (Å²) in [6, 6.07) is 18.3. The normalized spacial score (nSPS) is 19.0. The van der Waals surface area contributed by atoms with Gasteiger partial charge in [-0.3, -0.25) is 9.59 Å². The number of amides is 2. The fourth-order valence-electron chi connectivity index (χ4n) is 3.84. The molecular weight excluding hydrogens is 444 g/mol. The molecule has 3 aromatic rings. The lowest BCUT2D eigenvalue weighted by molar-refractivity contribution is -0.125. The number of rotatable bonds is 7. The zero-order valence-electron chi connectivity index (χ0n) is 17.7. The van der Waals surface area contributed by atoms with Crippen LogP contribution in [-0.2, 0) is 11.2 Å². The third kappa shape index (κ3) is 5.03. The molecule has 166 valence electrons. The Morgan fingerprint density at radius 1 is 1.16 bits per heavy atom. The fraction of sp³-hybridized carbons (Fsp3) is 0.280. The Kier molecular flexibility index (Phi) is 7.22. The average molecular weight is 469 g/mol. The van der Waals surface area contributed by atoms with E-state index < -0.39 is 6.04 Å². The number of benzene rings is 2. The Labute approximate surface area is 197 Å². The standard InChI is InChI=1S/C25H25ClN2O3S/c1-17(11-12-18-7-3-2-4-8-18)27-23(29)22-16-32-25(19-13-14-31-15-19)28(22)24(30)20-9-5-6-10-21(20)26/h2-10,13-15,17,22,25H,11-12,16H2,1H3,(H,27,29). The van der Waals surface area contributed by atoms with Crippen LogP contribution in [0.4, 0.5) is 0 Å². The molecule has 2 heterocycles. The molecule has 3 atom stereocenters. The molecule has 1 N–H and O–H groups in total. The predicted octanol–water partition coefficient (Wildman–Crippen LogP) is 5.33. The lowest BCUT2D eigenvalue weighted by atomic mass is 10.1. The Morgan fingerprint density at radius 2 is 1.91 bits per heavy atom. The first-order chi connectivity index (χ1) is 15.5. The molecule has 32 heavy (non-hydrogen) atoms. The first-order valence-corrected chi connectivity index (χ1v) is 12.0. The Bertz CT molecular complexity index is 1060. The first kappa shape index (κ1) is 22.5. The van der Waals surface area contributed by atoms with Gasteiger partial charge in [0, 0.05) is 17.4 Å². The fourth-order valence-corrected chi connectivity index (χ4v) is 5.46. The average Bonchev–Trinajstić information content (AvgIpc) is 3.48. The number of furan rings is 1. The third-order valence-corrected chi connectivity index (χ3v) is 7.22. The molecule has 2 aromatic carbocycles. The van der Waals surface area contributed by atoms with Gasteiger partial charge in [0.2, 0.25) is 5.91 Å². The summed E-state index contributed by atoms with van der Waals surface area (Å²) in [5, 5.41) is 3.17. The summed E-state index contributed by atoms with van der Waals surface area (Å²) in [4.78, 5) is 28.4. The highest BCUT2D eigenvalue weighted by Crippen LogP contribution is 2.43. The molecule has 1 aliphatic rings. The van der Waals surface area contributed by atoms with Crippen molar-refractivity contribution in [1.29, 1.82) is 0 Å². The van der Waals surface area contributed by atoms with Gasteiger partial charge in [-0.2, -0.15) is 0 Å². The largest absolute Gasteiger partial charge is 0.472 e. The number of hydrogen-bond donors (Lipinski definition) is 1. The highest BCUT2D eigenvalue weighted by atomic mass is 35.5. The summed E-state index contributed by atoms with van der Waals surface area (Å²) in [5.41, 5.74) is 2.48. The monoisotopic (exact) mass is 468 g/mol. The maximum Gasteiger partial charge on any atom is 0.257 e. The van der Waals surface area contributed by atoms with Gasteiger partial charge in [-0.25, -0.2) is 0 Å². The molecule has 2 amide bonds. The van der Waals surface area contributed by atoms with Crippen LogP contribution in [0.15, 0.2) is 77.6 Å². The number of thioether (sulfide) groups is 1. The zero-order valence-corrected chi connectivity index (χ0v) is 19.3. The third-order valence-electron chi connectivity index (χ3n) is 5.57. The lowest BCUT2D eigenvalue weighted by Crippen LogP contribution is -2.50. The summed E-state index contributed by atoms with van der Waals surface area (Å²) in [6.07, 6.45) is 4.89. The second kappa shape index (κ2) is 10.3. The topological polar surface area (TPSA) is 62.6 Å². The highest BCUT2D eigenvalue weighted by Gasteiger charge is 2.43. The van der Waals surface area contributed by atoms with Crippen molar-refractivity contribution in [1.82, 2.24) is 10.2 Å². The van der Waals surface area contributed by atoms with Crippen LogP contribution in [0, 0.1) is 0 Å². The molecule has 1 saturated heterocycles. The van der Waals surface area contributed by atoms with E-state index in [0.717, 1.165) is 18.4 Å². The van der Waals surface area contributed by atoms with E-state index in [1.54, 1.807) is 53.5 Å². The molecule has 0 aliphatic carbocycles. The SMILES string of the molecule is CC(CCc1ccccc1)NC(=O)C1CSC(c2ccoc2)N1C(=O)c1ccccc1Cl. The molecule has 5 nitrogen and oxygen atoms in total. The minimum atomic E-state index is -0.595. The van der Waals surface area contributed by atoms with Crippen LogP contribution >= 0.6 is 23.4 Å². The maximum atomic E-state index is 13.5. The van der Waals surface area contributed by atoms with E-state index in [4.69, 9.17) is 16.0 Å². The van der Waals surface area contributed by atoms with Crippen LogP contribution in [0.25, 0.3) is 0 Å². The summed E-state index contributed by atoms with van der Waals surface area (Å²) < 4.78 is 5.24. The summed E-state index contributed by atoms with van der Waals surface area (Å²) in [7, 11) is 0. The smallest absolute Gasteiger partial charge is 0.257 e. The second-order valence-corrected chi connectivity index (χ2v) is 9.40. The number of carbonyl (C=O) groups is 2. The summed E-state index contributed by atoms with van der Waals surface area (Å²) >= 11 is 7.86. The van der Waals surface area contributed by atoms with E-state index in [9.17, 15) is 9.59 Å². The molecule has 1 fully saturated rings. The lowest BCUT2D eigenvalue weighted by Gasteiger charge is -2.29. The van der Waals surface area contributed by atoms with Crippen LogP contribution in [0.5, 0.6) is 0 Å². The minimum absolute atomic E-state index is 0.0158. The van der Waals surface area contributed by atoms with E-state index in [0.29, 0.717) is 16.3 Å². The van der Waals surface area contributed by atoms with Crippen molar-refractivity contribution >= 4 is 35.2 Å². The van der Waals surface area contributed by atoms with Gasteiger partial charge in [0.15, 0.2) is 0 Å². The molecule has 0 saturated carbocycles.